The lowest BCUT2D eigenvalue weighted by molar-refractivity contribution is -0.143. The monoisotopic (exact) mass is 194 g/mol. The van der Waals surface area contributed by atoms with Crippen LogP contribution in [0.4, 0.5) is 0 Å². The highest BCUT2D eigenvalue weighted by Gasteiger charge is 2.45. The highest BCUT2D eigenvalue weighted by atomic mass is 16.5. The van der Waals surface area contributed by atoms with Crippen molar-refractivity contribution in [3.8, 4) is 0 Å². The van der Waals surface area contributed by atoms with E-state index < -0.39 is 0 Å². The van der Waals surface area contributed by atoms with Gasteiger partial charge in [0.05, 0.1) is 12.2 Å². The second-order valence-corrected chi connectivity index (χ2v) is 5.62. The van der Waals surface area contributed by atoms with E-state index in [1.165, 1.54) is 44.9 Å². The van der Waals surface area contributed by atoms with Gasteiger partial charge in [-0.2, -0.15) is 0 Å². The highest BCUT2D eigenvalue weighted by Crippen LogP contribution is 2.47. The van der Waals surface area contributed by atoms with Crippen LogP contribution in [0.5, 0.6) is 0 Å². The number of hydrogen-bond acceptors (Lipinski definition) is 1. The van der Waals surface area contributed by atoms with E-state index >= 15 is 0 Å². The first-order valence-electron chi connectivity index (χ1n) is 6.52. The third kappa shape index (κ3) is 1.32. The van der Waals surface area contributed by atoms with Crippen molar-refractivity contribution < 1.29 is 4.74 Å². The van der Waals surface area contributed by atoms with Crippen molar-refractivity contribution in [3.63, 3.8) is 0 Å². The predicted molar refractivity (Wildman–Crippen MR) is 57.1 cm³/mol. The molecule has 0 spiro atoms. The smallest absolute Gasteiger partial charge is 0.0609 e. The van der Waals surface area contributed by atoms with Gasteiger partial charge in [-0.05, 0) is 43.4 Å². The number of ether oxygens (including phenoxy) is 1. The molecule has 1 heteroatoms. The summed E-state index contributed by atoms with van der Waals surface area (Å²) >= 11 is 0. The molecular weight excluding hydrogens is 172 g/mol. The zero-order chi connectivity index (χ0) is 9.54. The van der Waals surface area contributed by atoms with Gasteiger partial charge < -0.3 is 4.74 Å². The van der Waals surface area contributed by atoms with E-state index in [9.17, 15) is 0 Å². The maximum absolute atomic E-state index is 6.28. The first-order valence-corrected chi connectivity index (χ1v) is 6.52. The summed E-state index contributed by atoms with van der Waals surface area (Å²) in [7, 11) is 0. The van der Waals surface area contributed by atoms with E-state index in [0.717, 1.165) is 17.8 Å². The minimum atomic E-state index is 0.637. The molecule has 0 aromatic heterocycles. The van der Waals surface area contributed by atoms with E-state index in [1.807, 2.05) is 0 Å². The Morgan fingerprint density at radius 1 is 0.786 bits per heavy atom. The highest BCUT2D eigenvalue weighted by molar-refractivity contribution is 4.94. The molecule has 0 aromatic rings. The van der Waals surface area contributed by atoms with Crippen LogP contribution >= 0.6 is 0 Å². The van der Waals surface area contributed by atoms with Crippen molar-refractivity contribution >= 4 is 0 Å². The molecule has 2 saturated carbocycles. The third-order valence-electron chi connectivity index (χ3n) is 4.96. The maximum atomic E-state index is 6.28. The Bertz CT molecular complexity index is 213. The van der Waals surface area contributed by atoms with Crippen LogP contribution in [0.1, 0.15) is 51.9 Å². The zero-order valence-electron chi connectivity index (χ0n) is 9.24. The molecular formula is C13H22O. The molecule has 3 rings (SSSR count). The molecule has 14 heavy (non-hydrogen) atoms. The van der Waals surface area contributed by atoms with Crippen molar-refractivity contribution in [2.75, 3.05) is 0 Å². The molecule has 0 aromatic carbocycles. The lowest BCUT2D eigenvalue weighted by Crippen LogP contribution is -2.45. The summed E-state index contributed by atoms with van der Waals surface area (Å²) < 4.78 is 6.28. The summed E-state index contributed by atoms with van der Waals surface area (Å²) in [6, 6.07) is 0. The topological polar surface area (TPSA) is 9.23 Å². The summed E-state index contributed by atoms with van der Waals surface area (Å²) in [6.07, 6.45) is 11.1. The van der Waals surface area contributed by atoms with Crippen LogP contribution < -0.4 is 0 Å². The Morgan fingerprint density at radius 2 is 1.36 bits per heavy atom. The van der Waals surface area contributed by atoms with Crippen LogP contribution in [0.15, 0.2) is 0 Å². The minimum absolute atomic E-state index is 0.637. The summed E-state index contributed by atoms with van der Waals surface area (Å²) in [5.41, 5.74) is 0. The Balaban J connectivity index is 1.79. The first-order chi connectivity index (χ1) is 6.86. The van der Waals surface area contributed by atoms with E-state index in [4.69, 9.17) is 4.74 Å². The van der Waals surface area contributed by atoms with E-state index in [1.54, 1.807) is 0 Å². The average molecular weight is 194 g/mol. The molecule has 1 heterocycles. The van der Waals surface area contributed by atoms with Crippen molar-refractivity contribution in [2.45, 2.75) is 64.1 Å². The second kappa shape index (κ2) is 3.52. The Kier molecular flexibility index (Phi) is 2.31. The summed E-state index contributed by atoms with van der Waals surface area (Å²) in [6.45, 7) is 2.49. The number of fused-ring (bicyclic) bond motifs is 2. The van der Waals surface area contributed by atoms with Gasteiger partial charge in [0, 0.05) is 0 Å². The van der Waals surface area contributed by atoms with E-state index in [-0.39, 0.29) is 0 Å². The zero-order valence-corrected chi connectivity index (χ0v) is 9.24. The molecule has 2 aliphatic carbocycles. The van der Waals surface area contributed by atoms with Gasteiger partial charge in [0.1, 0.15) is 0 Å². The third-order valence-corrected chi connectivity index (χ3v) is 4.96. The van der Waals surface area contributed by atoms with Gasteiger partial charge >= 0.3 is 0 Å². The van der Waals surface area contributed by atoms with Crippen molar-refractivity contribution in [1.82, 2.24) is 0 Å². The quantitative estimate of drug-likeness (QED) is 0.574. The van der Waals surface area contributed by atoms with Gasteiger partial charge in [0.15, 0.2) is 0 Å². The van der Waals surface area contributed by atoms with Crippen molar-refractivity contribution in [3.05, 3.63) is 0 Å². The lowest BCUT2D eigenvalue weighted by Gasteiger charge is -2.46. The molecule has 0 radical (unpaired) electrons. The van der Waals surface area contributed by atoms with E-state index in [2.05, 4.69) is 6.92 Å². The van der Waals surface area contributed by atoms with Crippen LogP contribution in [-0.4, -0.2) is 12.2 Å². The molecule has 5 atom stereocenters. The normalized spacial score (nSPS) is 52.5. The van der Waals surface area contributed by atoms with Gasteiger partial charge in [0.2, 0.25) is 0 Å². The van der Waals surface area contributed by atoms with Crippen molar-refractivity contribution in [2.24, 2.45) is 17.8 Å². The second-order valence-electron chi connectivity index (χ2n) is 5.62. The Hall–Kier alpha value is -0.0400. The Labute approximate surface area is 87.2 Å². The maximum Gasteiger partial charge on any atom is 0.0609 e. The molecule has 1 nitrogen and oxygen atoms in total. The van der Waals surface area contributed by atoms with Gasteiger partial charge in [-0.25, -0.2) is 0 Å². The largest absolute Gasteiger partial charge is 0.374 e. The summed E-state index contributed by atoms with van der Waals surface area (Å²) in [4.78, 5) is 0. The fourth-order valence-corrected chi connectivity index (χ4v) is 4.16. The molecule has 0 bridgehead atoms. The molecule has 3 aliphatic rings. The standard InChI is InChI=1S/C13H22O/c1-9-10-5-2-3-7-12(10)14-13-8-4-6-11(9)13/h9-13H,2-8H2,1H3. The van der Waals surface area contributed by atoms with Gasteiger partial charge in [-0.3, -0.25) is 0 Å². The molecule has 0 amide bonds. The number of rotatable bonds is 0. The van der Waals surface area contributed by atoms with Crippen LogP contribution in [0, 0.1) is 17.8 Å². The first kappa shape index (κ1) is 9.21. The molecule has 1 aliphatic heterocycles. The van der Waals surface area contributed by atoms with Gasteiger partial charge in [-0.15, -0.1) is 0 Å². The lowest BCUT2D eigenvalue weighted by atomic mass is 9.70. The summed E-state index contributed by atoms with van der Waals surface area (Å²) in [5, 5.41) is 0. The summed E-state index contributed by atoms with van der Waals surface area (Å²) in [5.74, 6) is 2.76. The fraction of sp³-hybridized carbons (Fsp3) is 1.00. The molecule has 1 saturated heterocycles. The molecule has 5 unspecified atom stereocenters. The predicted octanol–water partition coefficient (Wildman–Crippen LogP) is 3.38. The van der Waals surface area contributed by atoms with Crippen LogP contribution in [0.25, 0.3) is 0 Å². The van der Waals surface area contributed by atoms with Crippen LogP contribution in [0.3, 0.4) is 0 Å². The molecule has 3 fully saturated rings. The average Bonchev–Trinajstić information content (AvgIpc) is 2.66. The Morgan fingerprint density at radius 3 is 2.14 bits per heavy atom. The molecule has 0 N–H and O–H groups in total. The SMILES string of the molecule is CC1C2CCCCC2OC2CCCC21. The van der Waals surface area contributed by atoms with Gasteiger partial charge in [0.25, 0.3) is 0 Å². The minimum Gasteiger partial charge on any atom is -0.374 e. The van der Waals surface area contributed by atoms with E-state index in [0.29, 0.717) is 12.2 Å². The molecule has 80 valence electrons. The number of hydrogen-bond donors (Lipinski definition) is 0. The van der Waals surface area contributed by atoms with Crippen molar-refractivity contribution in [1.29, 1.82) is 0 Å². The van der Waals surface area contributed by atoms with Crippen LogP contribution in [-0.2, 0) is 4.74 Å². The van der Waals surface area contributed by atoms with Crippen LogP contribution in [0.2, 0.25) is 0 Å². The van der Waals surface area contributed by atoms with Gasteiger partial charge in [-0.1, -0.05) is 26.2 Å². The fourth-order valence-electron chi connectivity index (χ4n) is 4.16.